The zero-order valence-corrected chi connectivity index (χ0v) is 16.9. The van der Waals surface area contributed by atoms with Gasteiger partial charge in [0, 0.05) is 19.8 Å². The van der Waals surface area contributed by atoms with E-state index in [0.29, 0.717) is 11.3 Å². The van der Waals surface area contributed by atoms with Crippen molar-refractivity contribution in [1.29, 1.82) is 0 Å². The highest BCUT2D eigenvalue weighted by atomic mass is 16.2. The van der Waals surface area contributed by atoms with Gasteiger partial charge >= 0.3 is 5.69 Å². The van der Waals surface area contributed by atoms with Crippen molar-refractivity contribution in [2.24, 2.45) is 14.1 Å². The lowest BCUT2D eigenvalue weighted by atomic mass is 10.1. The van der Waals surface area contributed by atoms with Crippen molar-refractivity contribution < 1.29 is 4.79 Å². The van der Waals surface area contributed by atoms with Crippen LogP contribution in [0.2, 0.25) is 0 Å². The number of nitrogens with one attached hydrogen (secondary N) is 1. The number of rotatable bonds is 4. The lowest BCUT2D eigenvalue weighted by molar-refractivity contribution is -0.118. The molecule has 4 rings (SSSR count). The maximum Gasteiger partial charge on any atom is 0.332 e. The van der Waals surface area contributed by atoms with Crippen LogP contribution >= 0.6 is 0 Å². The summed E-state index contributed by atoms with van der Waals surface area (Å²) in [5.41, 5.74) is 1.86. The van der Waals surface area contributed by atoms with Gasteiger partial charge in [0.25, 0.3) is 11.5 Å². The van der Waals surface area contributed by atoms with E-state index in [4.69, 9.17) is 0 Å². The predicted molar refractivity (Wildman–Crippen MR) is 115 cm³/mol. The Morgan fingerprint density at radius 3 is 2.30 bits per heavy atom. The normalized spacial score (nSPS) is 12.1. The summed E-state index contributed by atoms with van der Waals surface area (Å²) in [5.74, 6) is -0.319. The molecule has 2 heterocycles. The van der Waals surface area contributed by atoms with E-state index in [1.807, 2.05) is 61.5 Å². The van der Waals surface area contributed by atoms with E-state index in [0.717, 1.165) is 10.1 Å². The molecule has 152 valence electrons. The standard InChI is InChI=1S/C22H21N5O3/c1-14-9-11-16(12-10-14)24-20(28)17(15-7-5-4-6-8-15)27-13-23-19-18(27)21(29)26(3)22(30)25(19)2/h4-13,17H,1-3H3,(H,24,28). The average Bonchev–Trinajstić information content (AvgIpc) is 3.18. The van der Waals surface area contributed by atoms with Crippen LogP contribution in [-0.2, 0) is 18.9 Å². The summed E-state index contributed by atoms with van der Waals surface area (Å²) in [7, 11) is 2.96. The number of nitrogens with zero attached hydrogens (tertiary/aromatic N) is 4. The van der Waals surface area contributed by atoms with Crippen molar-refractivity contribution in [3.8, 4) is 0 Å². The molecule has 0 aliphatic rings. The van der Waals surface area contributed by atoms with Crippen LogP contribution in [0.15, 0.2) is 70.5 Å². The van der Waals surface area contributed by atoms with Gasteiger partial charge in [-0.05, 0) is 24.6 Å². The molecule has 1 unspecified atom stereocenters. The topological polar surface area (TPSA) is 90.9 Å². The highest BCUT2D eigenvalue weighted by Gasteiger charge is 2.27. The van der Waals surface area contributed by atoms with Crippen LogP contribution < -0.4 is 16.6 Å². The molecule has 1 atom stereocenters. The Balaban J connectivity index is 1.89. The molecule has 0 radical (unpaired) electrons. The summed E-state index contributed by atoms with van der Waals surface area (Å²) >= 11 is 0. The molecular formula is C22H21N5O3. The summed E-state index contributed by atoms with van der Waals surface area (Å²) in [4.78, 5) is 42.8. The number of benzene rings is 2. The quantitative estimate of drug-likeness (QED) is 0.564. The molecule has 1 N–H and O–H groups in total. The molecule has 0 bridgehead atoms. The van der Waals surface area contributed by atoms with Gasteiger partial charge in [0.05, 0.1) is 6.33 Å². The Hall–Kier alpha value is -3.94. The minimum absolute atomic E-state index is 0.188. The van der Waals surface area contributed by atoms with Gasteiger partial charge in [-0.1, -0.05) is 48.0 Å². The molecule has 0 saturated heterocycles. The number of aromatic nitrogens is 4. The number of carbonyl (C=O) groups excluding carboxylic acids is 1. The third-order valence-corrected chi connectivity index (χ3v) is 5.13. The van der Waals surface area contributed by atoms with E-state index in [9.17, 15) is 14.4 Å². The molecule has 2 aromatic carbocycles. The summed E-state index contributed by atoms with van der Waals surface area (Å²) in [6.07, 6.45) is 1.43. The number of hydrogen-bond donors (Lipinski definition) is 1. The third kappa shape index (κ3) is 3.22. The van der Waals surface area contributed by atoms with Gasteiger partial charge in [-0.2, -0.15) is 0 Å². The van der Waals surface area contributed by atoms with E-state index < -0.39 is 17.3 Å². The second kappa shape index (κ2) is 7.47. The lowest BCUT2D eigenvalue weighted by Crippen LogP contribution is -2.38. The number of aryl methyl sites for hydroxylation is 2. The van der Waals surface area contributed by atoms with Crippen molar-refractivity contribution in [1.82, 2.24) is 18.7 Å². The van der Waals surface area contributed by atoms with Crippen LogP contribution in [0.4, 0.5) is 5.69 Å². The van der Waals surface area contributed by atoms with Crippen LogP contribution in [0.1, 0.15) is 17.2 Å². The van der Waals surface area contributed by atoms with Gasteiger partial charge in [-0.15, -0.1) is 0 Å². The van der Waals surface area contributed by atoms with E-state index >= 15 is 0 Å². The monoisotopic (exact) mass is 403 g/mol. The Morgan fingerprint density at radius 2 is 1.63 bits per heavy atom. The van der Waals surface area contributed by atoms with E-state index in [1.54, 1.807) is 7.05 Å². The first-order valence-corrected chi connectivity index (χ1v) is 9.43. The number of imidazole rings is 1. The van der Waals surface area contributed by atoms with Crippen molar-refractivity contribution in [3.05, 3.63) is 92.9 Å². The minimum Gasteiger partial charge on any atom is -0.324 e. The largest absolute Gasteiger partial charge is 0.332 e. The minimum atomic E-state index is -0.845. The first-order valence-electron chi connectivity index (χ1n) is 9.43. The zero-order valence-electron chi connectivity index (χ0n) is 16.9. The van der Waals surface area contributed by atoms with Crippen molar-refractivity contribution in [2.45, 2.75) is 13.0 Å². The summed E-state index contributed by atoms with van der Waals surface area (Å²) in [5, 5.41) is 2.92. The molecular weight excluding hydrogens is 382 g/mol. The second-order valence-electron chi connectivity index (χ2n) is 7.20. The van der Waals surface area contributed by atoms with Crippen LogP contribution in [0.3, 0.4) is 0 Å². The Morgan fingerprint density at radius 1 is 0.967 bits per heavy atom. The van der Waals surface area contributed by atoms with E-state index in [1.165, 1.54) is 22.5 Å². The van der Waals surface area contributed by atoms with Crippen molar-refractivity contribution in [3.63, 3.8) is 0 Å². The summed E-state index contributed by atoms with van der Waals surface area (Å²) < 4.78 is 3.84. The first kappa shape index (κ1) is 19.4. The first-order chi connectivity index (χ1) is 14.4. The maximum atomic E-state index is 13.4. The highest BCUT2D eigenvalue weighted by molar-refractivity contribution is 5.96. The van der Waals surface area contributed by atoms with Gasteiger partial charge in [0.15, 0.2) is 11.2 Å². The molecule has 0 spiro atoms. The number of fused-ring (bicyclic) bond motifs is 1. The van der Waals surface area contributed by atoms with Crippen LogP contribution in [0.25, 0.3) is 11.2 Å². The zero-order chi connectivity index (χ0) is 21.4. The van der Waals surface area contributed by atoms with Gasteiger partial charge in [-0.25, -0.2) is 9.78 Å². The molecule has 0 saturated carbocycles. The molecule has 8 nitrogen and oxygen atoms in total. The van der Waals surface area contributed by atoms with Crippen molar-refractivity contribution >= 4 is 22.8 Å². The van der Waals surface area contributed by atoms with Gasteiger partial charge in [0.2, 0.25) is 0 Å². The number of carbonyl (C=O) groups is 1. The maximum absolute atomic E-state index is 13.4. The fourth-order valence-corrected chi connectivity index (χ4v) is 3.48. The Bertz CT molecular complexity index is 1350. The molecule has 4 aromatic rings. The second-order valence-corrected chi connectivity index (χ2v) is 7.20. The number of anilines is 1. The van der Waals surface area contributed by atoms with Gasteiger partial charge in [0.1, 0.15) is 6.04 Å². The molecule has 8 heteroatoms. The highest BCUT2D eigenvalue weighted by Crippen LogP contribution is 2.24. The number of amides is 1. The average molecular weight is 403 g/mol. The SMILES string of the molecule is Cc1ccc(NC(=O)C(c2ccccc2)n2cnc3c2c(=O)n(C)c(=O)n3C)cc1. The predicted octanol–water partition coefficient (Wildman–Crippen LogP) is 1.97. The summed E-state index contributed by atoms with van der Waals surface area (Å²) in [6.45, 7) is 1.97. The molecule has 0 aliphatic carbocycles. The summed E-state index contributed by atoms with van der Waals surface area (Å²) in [6, 6.07) is 15.8. The van der Waals surface area contributed by atoms with Crippen LogP contribution in [-0.4, -0.2) is 24.6 Å². The number of hydrogen-bond acceptors (Lipinski definition) is 4. The van der Waals surface area contributed by atoms with Crippen molar-refractivity contribution in [2.75, 3.05) is 5.32 Å². The Labute approximate surface area is 172 Å². The molecule has 2 aromatic heterocycles. The molecule has 30 heavy (non-hydrogen) atoms. The van der Waals surface area contributed by atoms with Crippen LogP contribution in [0.5, 0.6) is 0 Å². The molecule has 1 amide bonds. The van der Waals surface area contributed by atoms with Gasteiger partial charge < -0.3 is 9.88 Å². The van der Waals surface area contributed by atoms with E-state index in [-0.39, 0.29) is 17.1 Å². The molecule has 0 aliphatic heterocycles. The lowest BCUT2D eigenvalue weighted by Gasteiger charge is -2.20. The molecule has 0 fully saturated rings. The fraction of sp³-hybridized carbons (Fsp3) is 0.182. The van der Waals surface area contributed by atoms with E-state index in [2.05, 4.69) is 10.3 Å². The smallest absolute Gasteiger partial charge is 0.324 e. The van der Waals surface area contributed by atoms with Crippen LogP contribution in [0, 0.1) is 6.92 Å². The third-order valence-electron chi connectivity index (χ3n) is 5.13. The fourth-order valence-electron chi connectivity index (χ4n) is 3.48. The van der Waals surface area contributed by atoms with Gasteiger partial charge in [-0.3, -0.25) is 18.7 Å². The Kier molecular flexibility index (Phi) is 4.83.